The number of likely N-dealkylation sites (tertiary alicyclic amines) is 1. The predicted molar refractivity (Wildman–Crippen MR) is 85.5 cm³/mol. The molecule has 22 heavy (non-hydrogen) atoms. The minimum atomic E-state index is 0.552. The zero-order valence-electron chi connectivity index (χ0n) is 13.2. The lowest BCUT2D eigenvalue weighted by Crippen LogP contribution is -2.38. The van der Waals surface area contributed by atoms with Crippen molar-refractivity contribution in [3.63, 3.8) is 0 Å². The molecule has 4 heterocycles. The number of aromatic amines is 1. The second-order valence-corrected chi connectivity index (χ2v) is 6.89. The number of furan rings is 1. The number of aryl methyl sites for hydroxylation is 1. The summed E-state index contributed by atoms with van der Waals surface area (Å²) >= 11 is 0. The van der Waals surface area contributed by atoms with Crippen LogP contribution in [-0.4, -0.2) is 41.3 Å². The third-order valence-electron chi connectivity index (χ3n) is 5.28. The van der Waals surface area contributed by atoms with E-state index in [-0.39, 0.29) is 0 Å². The van der Waals surface area contributed by atoms with Crippen LogP contribution in [0.25, 0.3) is 11.5 Å². The zero-order valence-corrected chi connectivity index (χ0v) is 13.2. The third kappa shape index (κ3) is 2.59. The maximum atomic E-state index is 5.74. The Bertz CT molecular complexity index is 639. The van der Waals surface area contributed by atoms with Gasteiger partial charge in [0.15, 0.2) is 5.76 Å². The van der Waals surface area contributed by atoms with Gasteiger partial charge in [-0.05, 0) is 63.4 Å². The fraction of sp³-hybridized carbons (Fsp3) is 0.588. The van der Waals surface area contributed by atoms with Crippen LogP contribution >= 0.6 is 0 Å². The van der Waals surface area contributed by atoms with Gasteiger partial charge in [-0.3, -0.25) is 10.00 Å². The molecule has 2 saturated heterocycles. The van der Waals surface area contributed by atoms with Gasteiger partial charge in [-0.2, -0.15) is 5.10 Å². The Balaban J connectivity index is 1.47. The van der Waals surface area contributed by atoms with Gasteiger partial charge in [0.05, 0.1) is 6.20 Å². The minimum Gasteiger partial charge on any atom is -0.460 e. The fourth-order valence-corrected chi connectivity index (χ4v) is 3.98. The summed E-state index contributed by atoms with van der Waals surface area (Å²) in [4.78, 5) is 2.58. The van der Waals surface area contributed by atoms with E-state index >= 15 is 0 Å². The van der Waals surface area contributed by atoms with Crippen LogP contribution in [0.2, 0.25) is 0 Å². The molecule has 0 amide bonds. The molecule has 0 radical (unpaired) electrons. The van der Waals surface area contributed by atoms with E-state index in [0.717, 1.165) is 23.8 Å². The van der Waals surface area contributed by atoms with Crippen LogP contribution in [0.3, 0.4) is 0 Å². The molecule has 5 nitrogen and oxygen atoms in total. The van der Waals surface area contributed by atoms with Gasteiger partial charge in [-0.15, -0.1) is 0 Å². The Morgan fingerprint density at radius 3 is 2.91 bits per heavy atom. The molecular weight excluding hydrogens is 276 g/mol. The zero-order chi connectivity index (χ0) is 15.0. The van der Waals surface area contributed by atoms with Gasteiger partial charge in [-0.1, -0.05) is 0 Å². The summed E-state index contributed by atoms with van der Waals surface area (Å²) in [5.74, 6) is 1.83. The highest BCUT2D eigenvalue weighted by molar-refractivity contribution is 5.56. The molecular formula is C17H24N4O. The lowest BCUT2D eigenvalue weighted by Gasteiger charge is -2.33. The van der Waals surface area contributed by atoms with Crippen molar-refractivity contribution in [2.45, 2.75) is 32.7 Å². The normalized spacial score (nSPS) is 21.7. The summed E-state index contributed by atoms with van der Waals surface area (Å²) in [5.41, 5.74) is 2.82. The molecule has 0 saturated carbocycles. The van der Waals surface area contributed by atoms with Crippen LogP contribution in [0.15, 0.2) is 22.7 Å². The number of hydrogen-bond acceptors (Lipinski definition) is 4. The second kappa shape index (κ2) is 5.56. The number of aromatic nitrogens is 2. The quantitative estimate of drug-likeness (QED) is 0.914. The number of hydrogen-bond donors (Lipinski definition) is 2. The largest absolute Gasteiger partial charge is 0.460 e. The first kappa shape index (κ1) is 14.0. The molecule has 4 rings (SSSR count). The van der Waals surface area contributed by atoms with E-state index in [1.165, 1.54) is 51.0 Å². The Hall–Kier alpha value is -1.59. The SMILES string of the molecule is Cc1ccc(-c2[nH]ncc2CN2CCC3(CCNCC3)C2)o1. The summed E-state index contributed by atoms with van der Waals surface area (Å²) in [7, 11) is 0. The van der Waals surface area contributed by atoms with Crippen LogP contribution in [0.4, 0.5) is 0 Å². The van der Waals surface area contributed by atoms with E-state index < -0.39 is 0 Å². The number of H-pyrrole nitrogens is 1. The maximum absolute atomic E-state index is 5.74. The van der Waals surface area contributed by atoms with E-state index in [1.807, 2.05) is 25.3 Å². The highest BCUT2D eigenvalue weighted by atomic mass is 16.3. The fourth-order valence-electron chi connectivity index (χ4n) is 3.98. The highest BCUT2D eigenvalue weighted by Gasteiger charge is 2.38. The van der Waals surface area contributed by atoms with Crippen molar-refractivity contribution in [3.8, 4) is 11.5 Å². The molecule has 0 unspecified atom stereocenters. The van der Waals surface area contributed by atoms with Crippen molar-refractivity contribution >= 4 is 0 Å². The molecule has 118 valence electrons. The van der Waals surface area contributed by atoms with Crippen molar-refractivity contribution in [1.82, 2.24) is 20.4 Å². The molecule has 5 heteroatoms. The Kier molecular flexibility index (Phi) is 3.54. The van der Waals surface area contributed by atoms with Crippen LogP contribution in [0.5, 0.6) is 0 Å². The number of nitrogens with zero attached hydrogens (tertiary/aromatic N) is 2. The average molecular weight is 300 g/mol. The van der Waals surface area contributed by atoms with Crippen LogP contribution in [0.1, 0.15) is 30.6 Å². The molecule has 2 fully saturated rings. The Morgan fingerprint density at radius 1 is 1.27 bits per heavy atom. The number of rotatable bonds is 3. The lowest BCUT2D eigenvalue weighted by atomic mass is 9.78. The van der Waals surface area contributed by atoms with Crippen molar-refractivity contribution in [3.05, 3.63) is 29.7 Å². The van der Waals surface area contributed by atoms with Crippen LogP contribution < -0.4 is 5.32 Å². The molecule has 2 aromatic heterocycles. The Labute approximate surface area is 131 Å². The first-order valence-electron chi connectivity index (χ1n) is 8.26. The van der Waals surface area contributed by atoms with Crippen LogP contribution in [-0.2, 0) is 6.54 Å². The smallest absolute Gasteiger partial charge is 0.152 e. The molecule has 0 atom stereocenters. The van der Waals surface area contributed by atoms with E-state index in [9.17, 15) is 0 Å². The minimum absolute atomic E-state index is 0.552. The van der Waals surface area contributed by atoms with Crippen molar-refractivity contribution in [1.29, 1.82) is 0 Å². The molecule has 0 aromatic carbocycles. The summed E-state index contributed by atoms with van der Waals surface area (Å²) in [6.45, 7) is 7.70. The monoisotopic (exact) mass is 300 g/mol. The number of piperidine rings is 1. The van der Waals surface area contributed by atoms with Gasteiger partial charge in [0.1, 0.15) is 11.5 Å². The van der Waals surface area contributed by atoms with Crippen molar-refractivity contribution in [2.24, 2.45) is 5.41 Å². The number of nitrogens with one attached hydrogen (secondary N) is 2. The summed E-state index contributed by atoms with van der Waals surface area (Å²) in [6, 6.07) is 4.02. The topological polar surface area (TPSA) is 57.1 Å². The first-order chi connectivity index (χ1) is 10.7. The third-order valence-corrected chi connectivity index (χ3v) is 5.28. The molecule has 0 bridgehead atoms. The van der Waals surface area contributed by atoms with E-state index in [4.69, 9.17) is 4.42 Å². The lowest BCUT2D eigenvalue weighted by molar-refractivity contribution is 0.194. The van der Waals surface area contributed by atoms with Crippen molar-refractivity contribution < 1.29 is 4.42 Å². The average Bonchev–Trinajstić information content (AvgIpc) is 3.22. The van der Waals surface area contributed by atoms with E-state index in [1.54, 1.807) is 0 Å². The van der Waals surface area contributed by atoms with Gasteiger partial charge >= 0.3 is 0 Å². The second-order valence-electron chi connectivity index (χ2n) is 6.89. The summed E-state index contributed by atoms with van der Waals surface area (Å²) in [5, 5.41) is 10.8. The molecule has 2 aliphatic heterocycles. The summed E-state index contributed by atoms with van der Waals surface area (Å²) < 4.78 is 5.74. The molecule has 2 aromatic rings. The first-order valence-corrected chi connectivity index (χ1v) is 8.26. The molecule has 2 N–H and O–H groups in total. The maximum Gasteiger partial charge on any atom is 0.152 e. The van der Waals surface area contributed by atoms with Gasteiger partial charge in [0, 0.05) is 18.7 Å². The molecule has 1 spiro atoms. The van der Waals surface area contributed by atoms with E-state index in [0.29, 0.717) is 5.41 Å². The molecule has 2 aliphatic rings. The molecule has 0 aliphatic carbocycles. The summed E-state index contributed by atoms with van der Waals surface area (Å²) in [6.07, 6.45) is 5.92. The van der Waals surface area contributed by atoms with Gasteiger partial charge < -0.3 is 9.73 Å². The highest BCUT2D eigenvalue weighted by Crippen LogP contribution is 2.39. The predicted octanol–water partition coefficient (Wildman–Crippen LogP) is 2.55. The van der Waals surface area contributed by atoms with Crippen LogP contribution in [0, 0.1) is 12.3 Å². The Morgan fingerprint density at radius 2 is 2.14 bits per heavy atom. The van der Waals surface area contributed by atoms with Gasteiger partial charge in [0.2, 0.25) is 0 Å². The van der Waals surface area contributed by atoms with Gasteiger partial charge in [-0.25, -0.2) is 0 Å². The van der Waals surface area contributed by atoms with Gasteiger partial charge in [0.25, 0.3) is 0 Å². The van der Waals surface area contributed by atoms with E-state index in [2.05, 4.69) is 20.4 Å². The standard InChI is InChI=1S/C17H24N4O/c1-13-2-3-15(22-13)16-14(10-19-20-16)11-21-9-6-17(12-21)4-7-18-8-5-17/h2-3,10,18H,4-9,11-12H2,1H3,(H,19,20). The van der Waals surface area contributed by atoms with Crippen molar-refractivity contribution in [2.75, 3.05) is 26.2 Å².